The molecule has 0 aliphatic rings. The number of nitrogens with one attached hydrogen (secondary N) is 1. The first-order chi connectivity index (χ1) is 5.59. The molecule has 1 rings (SSSR count). The molecule has 68 valence electrons. The van der Waals surface area contributed by atoms with Gasteiger partial charge in [0, 0.05) is 17.5 Å². The van der Waals surface area contributed by atoms with Gasteiger partial charge in [0.05, 0.1) is 10.7 Å². The number of aryl methyl sites for hydroxylation is 1. The standard InChI is InChI=1S/C9H16N2S/c1-6(2)10-7(3)9-5-12-8(4)11-9/h5-7,10H,1-4H3. The summed E-state index contributed by atoms with van der Waals surface area (Å²) < 4.78 is 0. The second-order valence-electron chi connectivity index (χ2n) is 3.33. The van der Waals surface area contributed by atoms with Gasteiger partial charge in [-0.2, -0.15) is 0 Å². The third-order valence-electron chi connectivity index (χ3n) is 1.66. The van der Waals surface area contributed by atoms with E-state index in [-0.39, 0.29) is 0 Å². The molecule has 0 saturated heterocycles. The highest BCUT2D eigenvalue weighted by molar-refractivity contribution is 7.09. The van der Waals surface area contributed by atoms with Crippen LogP contribution in [-0.2, 0) is 0 Å². The first kappa shape index (κ1) is 9.68. The van der Waals surface area contributed by atoms with Crippen LogP contribution in [0.5, 0.6) is 0 Å². The van der Waals surface area contributed by atoms with Crippen molar-refractivity contribution in [3.05, 3.63) is 16.1 Å². The summed E-state index contributed by atoms with van der Waals surface area (Å²) in [5.41, 5.74) is 1.16. The molecular weight excluding hydrogens is 168 g/mol. The third-order valence-corrected chi connectivity index (χ3v) is 2.46. The van der Waals surface area contributed by atoms with Gasteiger partial charge in [0.1, 0.15) is 0 Å². The molecule has 0 aromatic carbocycles. The lowest BCUT2D eigenvalue weighted by atomic mass is 10.2. The van der Waals surface area contributed by atoms with Crippen LogP contribution >= 0.6 is 11.3 Å². The van der Waals surface area contributed by atoms with E-state index in [2.05, 4.69) is 36.5 Å². The average Bonchev–Trinajstić information content (AvgIpc) is 2.34. The maximum atomic E-state index is 4.42. The van der Waals surface area contributed by atoms with Crippen molar-refractivity contribution < 1.29 is 0 Å². The van der Waals surface area contributed by atoms with Crippen LogP contribution in [0, 0.1) is 6.92 Å². The molecule has 12 heavy (non-hydrogen) atoms. The van der Waals surface area contributed by atoms with Gasteiger partial charge in [-0.25, -0.2) is 4.98 Å². The molecule has 0 aliphatic heterocycles. The van der Waals surface area contributed by atoms with Crippen LogP contribution in [0.1, 0.15) is 37.5 Å². The highest BCUT2D eigenvalue weighted by Gasteiger charge is 2.08. The molecule has 3 heteroatoms. The first-order valence-electron chi connectivity index (χ1n) is 4.27. The van der Waals surface area contributed by atoms with Gasteiger partial charge in [-0.05, 0) is 13.8 Å². The van der Waals surface area contributed by atoms with Crippen molar-refractivity contribution in [1.29, 1.82) is 0 Å². The smallest absolute Gasteiger partial charge is 0.0898 e. The van der Waals surface area contributed by atoms with Gasteiger partial charge in [-0.3, -0.25) is 0 Å². The van der Waals surface area contributed by atoms with Gasteiger partial charge in [0.2, 0.25) is 0 Å². The number of hydrogen-bond acceptors (Lipinski definition) is 3. The van der Waals surface area contributed by atoms with E-state index in [4.69, 9.17) is 0 Å². The lowest BCUT2D eigenvalue weighted by Crippen LogP contribution is -2.26. The van der Waals surface area contributed by atoms with Crippen molar-refractivity contribution in [3.63, 3.8) is 0 Å². The van der Waals surface area contributed by atoms with Crippen molar-refractivity contribution in [2.75, 3.05) is 0 Å². The molecule has 1 aromatic heterocycles. The average molecular weight is 184 g/mol. The van der Waals surface area contributed by atoms with E-state index in [0.29, 0.717) is 12.1 Å². The predicted octanol–water partition coefficient (Wildman–Crippen LogP) is 2.51. The van der Waals surface area contributed by atoms with Crippen molar-refractivity contribution in [2.24, 2.45) is 0 Å². The van der Waals surface area contributed by atoms with Gasteiger partial charge in [-0.1, -0.05) is 13.8 Å². The molecule has 0 spiro atoms. The van der Waals surface area contributed by atoms with Gasteiger partial charge < -0.3 is 5.32 Å². The number of rotatable bonds is 3. The Labute approximate surface area is 78.0 Å². The zero-order chi connectivity index (χ0) is 9.14. The van der Waals surface area contributed by atoms with E-state index in [1.807, 2.05) is 6.92 Å². The molecule has 1 aromatic rings. The minimum atomic E-state index is 0.370. The summed E-state index contributed by atoms with van der Waals surface area (Å²) in [6, 6.07) is 0.886. The normalized spacial score (nSPS) is 13.8. The van der Waals surface area contributed by atoms with Crippen molar-refractivity contribution in [3.8, 4) is 0 Å². The molecule has 1 heterocycles. The summed E-state index contributed by atoms with van der Waals surface area (Å²) in [5, 5.41) is 6.68. The van der Waals surface area contributed by atoms with Crippen LogP contribution in [0.2, 0.25) is 0 Å². The highest BCUT2D eigenvalue weighted by Crippen LogP contribution is 2.15. The molecule has 0 radical (unpaired) electrons. The maximum Gasteiger partial charge on any atom is 0.0898 e. The minimum Gasteiger partial charge on any atom is -0.307 e. The van der Waals surface area contributed by atoms with Crippen molar-refractivity contribution >= 4 is 11.3 Å². The van der Waals surface area contributed by atoms with Crippen molar-refractivity contribution in [2.45, 2.75) is 39.8 Å². The van der Waals surface area contributed by atoms with Crippen LogP contribution < -0.4 is 5.32 Å². The number of hydrogen-bond donors (Lipinski definition) is 1. The first-order valence-corrected chi connectivity index (χ1v) is 5.15. The van der Waals surface area contributed by atoms with E-state index in [9.17, 15) is 0 Å². The Morgan fingerprint density at radius 1 is 1.42 bits per heavy atom. The van der Waals surface area contributed by atoms with Crippen LogP contribution in [0.15, 0.2) is 5.38 Å². The second-order valence-corrected chi connectivity index (χ2v) is 4.40. The summed E-state index contributed by atoms with van der Waals surface area (Å²) in [7, 11) is 0. The fourth-order valence-corrected chi connectivity index (χ4v) is 1.87. The lowest BCUT2D eigenvalue weighted by molar-refractivity contribution is 0.499. The van der Waals surface area contributed by atoms with E-state index >= 15 is 0 Å². The molecule has 0 amide bonds. The fraction of sp³-hybridized carbons (Fsp3) is 0.667. The summed E-state index contributed by atoms with van der Waals surface area (Å²) in [4.78, 5) is 4.42. The zero-order valence-electron chi connectivity index (χ0n) is 8.09. The predicted molar refractivity (Wildman–Crippen MR) is 53.5 cm³/mol. The Hall–Kier alpha value is -0.410. The molecular formula is C9H16N2S. The molecule has 2 nitrogen and oxygen atoms in total. The monoisotopic (exact) mass is 184 g/mol. The van der Waals surface area contributed by atoms with Gasteiger partial charge >= 0.3 is 0 Å². The van der Waals surface area contributed by atoms with Crippen molar-refractivity contribution in [1.82, 2.24) is 10.3 Å². The molecule has 1 N–H and O–H groups in total. The molecule has 0 aliphatic carbocycles. The summed E-state index contributed by atoms with van der Waals surface area (Å²) in [6.45, 7) is 8.48. The topological polar surface area (TPSA) is 24.9 Å². The Kier molecular flexibility index (Phi) is 3.23. The Balaban J connectivity index is 2.58. The molecule has 0 fully saturated rings. The highest BCUT2D eigenvalue weighted by atomic mass is 32.1. The molecule has 1 unspecified atom stereocenters. The van der Waals surface area contributed by atoms with Crippen LogP contribution in [0.3, 0.4) is 0 Å². The quantitative estimate of drug-likeness (QED) is 0.780. The van der Waals surface area contributed by atoms with Crippen LogP contribution in [0.25, 0.3) is 0 Å². The van der Waals surface area contributed by atoms with E-state index in [0.717, 1.165) is 10.7 Å². The van der Waals surface area contributed by atoms with Crippen LogP contribution in [0.4, 0.5) is 0 Å². The second kappa shape index (κ2) is 4.01. The number of nitrogens with zero attached hydrogens (tertiary/aromatic N) is 1. The minimum absolute atomic E-state index is 0.370. The van der Waals surface area contributed by atoms with Gasteiger partial charge in [0.25, 0.3) is 0 Å². The number of aromatic nitrogens is 1. The molecule has 0 bridgehead atoms. The third kappa shape index (κ3) is 2.57. The van der Waals surface area contributed by atoms with E-state index in [1.165, 1.54) is 0 Å². The van der Waals surface area contributed by atoms with Crippen LogP contribution in [-0.4, -0.2) is 11.0 Å². The Morgan fingerprint density at radius 3 is 2.50 bits per heavy atom. The Bertz CT molecular complexity index is 242. The molecule has 1 atom stereocenters. The van der Waals surface area contributed by atoms with Gasteiger partial charge in [0.15, 0.2) is 0 Å². The fourth-order valence-electron chi connectivity index (χ4n) is 1.16. The van der Waals surface area contributed by atoms with E-state index < -0.39 is 0 Å². The molecule has 0 saturated carbocycles. The summed E-state index contributed by atoms with van der Waals surface area (Å²) in [6.07, 6.45) is 0. The number of thiazole rings is 1. The van der Waals surface area contributed by atoms with E-state index in [1.54, 1.807) is 11.3 Å². The SMILES string of the molecule is Cc1nc(C(C)NC(C)C)cs1. The summed E-state index contributed by atoms with van der Waals surface area (Å²) >= 11 is 1.71. The lowest BCUT2D eigenvalue weighted by Gasteiger charge is -2.14. The summed E-state index contributed by atoms with van der Waals surface area (Å²) in [5.74, 6) is 0. The zero-order valence-corrected chi connectivity index (χ0v) is 8.90. The largest absolute Gasteiger partial charge is 0.307 e. The Morgan fingerprint density at radius 2 is 2.08 bits per heavy atom. The van der Waals surface area contributed by atoms with Gasteiger partial charge in [-0.15, -0.1) is 11.3 Å². The maximum absolute atomic E-state index is 4.42.